The Morgan fingerprint density at radius 1 is 1.50 bits per heavy atom. The van der Waals surface area contributed by atoms with Crippen molar-refractivity contribution in [3.63, 3.8) is 0 Å². The van der Waals surface area contributed by atoms with Gasteiger partial charge in [-0.2, -0.15) is 0 Å². The van der Waals surface area contributed by atoms with E-state index < -0.39 is 0 Å². The van der Waals surface area contributed by atoms with Gasteiger partial charge < -0.3 is 4.74 Å². The van der Waals surface area contributed by atoms with Crippen molar-refractivity contribution in [3.05, 3.63) is 0 Å². The van der Waals surface area contributed by atoms with E-state index >= 15 is 0 Å². The van der Waals surface area contributed by atoms with Gasteiger partial charge in [0, 0.05) is 13.2 Å². The molecule has 1 nitrogen and oxygen atoms in total. The van der Waals surface area contributed by atoms with Crippen LogP contribution in [0.3, 0.4) is 0 Å². The summed E-state index contributed by atoms with van der Waals surface area (Å²) in [4.78, 5) is 0. The smallest absolute Gasteiger partial charge is 0.0494 e. The van der Waals surface area contributed by atoms with Gasteiger partial charge in [-0.25, -0.2) is 0 Å². The first-order chi connectivity index (χ1) is 4.84. The first kappa shape index (κ1) is 8.06. The van der Waals surface area contributed by atoms with E-state index in [0.717, 1.165) is 25.0 Å². The Balaban J connectivity index is 2.35. The van der Waals surface area contributed by atoms with Gasteiger partial charge in [0.25, 0.3) is 0 Å². The minimum Gasteiger partial charge on any atom is -0.381 e. The number of hydrogen-bond donors (Lipinski definition) is 0. The molecule has 2 unspecified atom stereocenters. The van der Waals surface area contributed by atoms with E-state index in [1.165, 1.54) is 19.3 Å². The molecule has 1 saturated heterocycles. The van der Waals surface area contributed by atoms with Crippen LogP contribution < -0.4 is 0 Å². The molecule has 1 fully saturated rings. The summed E-state index contributed by atoms with van der Waals surface area (Å²) in [6.07, 6.45) is 3.96. The Bertz CT molecular complexity index is 90.7. The normalized spacial score (nSPS) is 35.4. The molecule has 0 bridgehead atoms. The molecule has 0 N–H and O–H groups in total. The minimum absolute atomic E-state index is 0.785. The zero-order valence-corrected chi connectivity index (χ0v) is 7.10. The summed E-state index contributed by atoms with van der Waals surface area (Å²) in [5, 5.41) is 0. The standard InChI is InChI=1S/C9H18O/c1-3-9-5-4-6-10-7-8(9)2/h8-9H,3-7H2,1-2H3. The maximum Gasteiger partial charge on any atom is 0.0494 e. The van der Waals surface area contributed by atoms with Crippen LogP contribution in [0.1, 0.15) is 33.1 Å². The molecule has 0 aromatic heterocycles. The largest absolute Gasteiger partial charge is 0.381 e. The van der Waals surface area contributed by atoms with Crippen LogP contribution in [0.25, 0.3) is 0 Å². The van der Waals surface area contributed by atoms with E-state index in [1.807, 2.05) is 0 Å². The van der Waals surface area contributed by atoms with Gasteiger partial charge in [-0.1, -0.05) is 20.3 Å². The van der Waals surface area contributed by atoms with Crippen LogP contribution in [0.5, 0.6) is 0 Å². The average Bonchev–Trinajstić information content (AvgIpc) is 2.13. The lowest BCUT2D eigenvalue weighted by Crippen LogP contribution is -2.12. The molecule has 0 amide bonds. The molecule has 1 aliphatic rings. The molecule has 1 heteroatoms. The maximum absolute atomic E-state index is 5.44. The first-order valence-corrected chi connectivity index (χ1v) is 4.42. The summed E-state index contributed by atoms with van der Waals surface area (Å²) < 4.78 is 5.44. The molecule has 2 atom stereocenters. The zero-order valence-electron chi connectivity index (χ0n) is 7.10. The zero-order chi connectivity index (χ0) is 7.40. The molecule has 0 radical (unpaired) electrons. The number of rotatable bonds is 1. The van der Waals surface area contributed by atoms with Gasteiger partial charge in [0.15, 0.2) is 0 Å². The number of hydrogen-bond acceptors (Lipinski definition) is 1. The van der Waals surface area contributed by atoms with Gasteiger partial charge in [0.05, 0.1) is 0 Å². The summed E-state index contributed by atoms with van der Waals surface area (Å²) in [6, 6.07) is 0. The van der Waals surface area contributed by atoms with Crippen molar-refractivity contribution in [2.24, 2.45) is 11.8 Å². The second kappa shape index (κ2) is 3.97. The van der Waals surface area contributed by atoms with Crippen LogP contribution in [0, 0.1) is 11.8 Å². The third-order valence-corrected chi connectivity index (χ3v) is 2.57. The predicted molar refractivity (Wildman–Crippen MR) is 43.0 cm³/mol. The second-order valence-corrected chi connectivity index (χ2v) is 3.36. The van der Waals surface area contributed by atoms with Crippen LogP contribution in [0.2, 0.25) is 0 Å². The maximum atomic E-state index is 5.44. The second-order valence-electron chi connectivity index (χ2n) is 3.36. The van der Waals surface area contributed by atoms with Crippen molar-refractivity contribution >= 4 is 0 Å². The van der Waals surface area contributed by atoms with Gasteiger partial charge in [-0.15, -0.1) is 0 Å². The van der Waals surface area contributed by atoms with E-state index in [2.05, 4.69) is 13.8 Å². The van der Waals surface area contributed by atoms with Crippen LogP contribution in [0.4, 0.5) is 0 Å². The highest BCUT2D eigenvalue weighted by Gasteiger charge is 2.17. The molecule has 0 aliphatic carbocycles. The van der Waals surface area contributed by atoms with E-state index in [1.54, 1.807) is 0 Å². The van der Waals surface area contributed by atoms with Crippen LogP contribution >= 0.6 is 0 Å². The highest BCUT2D eigenvalue weighted by molar-refractivity contribution is 4.67. The van der Waals surface area contributed by atoms with Gasteiger partial charge >= 0.3 is 0 Å². The van der Waals surface area contributed by atoms with Crippen LogP contribution in [-0.2, 0) is 4.74 Å². The molecule has 0 aromatic carbocycles. The molecule has 1 aliphatic heterocycles. The Morgan fingerprint density at radius 2 is 2.30 bits per heavy atom. The lowest BCUT2D eigenvalue weighted by Gasteiger charge is -2.17. The Kier molecular flexibility index (Phi) is 3.20. The summed E-state index contributed by atoms with van der Waals surface area (Å²) in [5.41, 5.74) is 0. The highest BCUT2D eigenvalue weighted by atomic mass is 16.5. The molecule has 1 heterocycles. The van der Waals surface area contributed by atoms with Gasteiger partial charge in [-0.3, -0.25) is 0 Å². The third-order valence-electron chi connectivity index (χ3n) is 2.57. The Morgan fingerprint density at radius 3 is 3.00 bits per heavy atom. The molecular weight excluding hydrogens is 124 g/mol. The third kappa shape index (κ3) is 1.98. The molecular formula is C9H18O. The lowest BCUT2D eigenvalue weighted by molar-refractivity contribution is 0.111. The molecule has 10 heavy (non-hydrogen) atoms. The number of ether oxygens (including phenoxy) is 1. The first-order valence-electron chi connectivity index (χ1n) is 4.42. The topological polar surface area (TPSA) is 9.23 Å². The van der Waals surface area contributed by atoms with Crippen LogP contribution in [-0.4, -0.2) is 13.2 Å². The lowest BCUT2D eigenvalue weighted by atomic mass is 9.89. The highest BCUT2D eigenvalue weighted by Crippen LogP contribution is 2.23. The van der Waals surface area contributed by atoms with Crippen molar-refractivity contribution in [1.29, 1.82) is 0 Å². The van der Waals surface area contributed by atoms with E-state index in [4.69, 9.17) is 4.74 Å². The fourth-order valence-corrected chi connectivity index (χ4v) is 1.74. The average molecular weight is 142 g/mol. The van der Waals surface area contributed by atoms with Crippen molar-refractivity contribution in [1.82, 2.24) is 0 Å². The summed E-state index contributed by atoms with van der Waals surface area (Å²) in [5.74, 6) is 1.70. The van der Waals surface area contributed by atoms with Crippen molar-refractivity contribution in [2.45, 2.75) is 33.1 Å². The van der Waals surface area contributed by atoms with Crippen molar-refractivity contribution in [3.8, 4) is 0 Å². The predicted octanol–water partition coefficient (Wildman–Crippen LogP) is 2.46. The van der Waals surface area contributed by atoms with Gasteiger partial charge in [-0.05, 0) is 24.7 Å². The molecule has 60 valence electrons. The van der Waals surface area contributed by atoms with Crippen molar-refractivity contribution in [2.75, 3.05) is 13.2 Å². The minimum atomic E-state index is 0.785. The van der Waals surface area contributed by atoms with Gasteiger partial charge in [0.2, 0.25) is 0 Å². The van der Waals surface area contributed by atoms with Crippen LogP contribution in [0.15, 0.2) is 0 Å². The molecule has 0 aromatic rings. The molecule has 0 spiro atoms. The van der Waals surface area contributed by atoms with E-state index in [0.29, 0.717) is 0 Å². The fraction of sp³-hybridized carbons (Fsp3) is 1.00. The molecule has 0 saturated carbocycles. The van der Waals surface area contributed by atoms with Gasteiger partial charge in [0.1, 0.15) is 0 Å². The molecule has 1 rings (SSSR count). The summed E-state index contributed by atoms with van der Waals surface area (Å²) >= 11 is 0. The summed E-state index contributed by atoms with van der Waals surface area (Å²) in [6.45, 7) is 6.56. The Hall–Kier alpha value is -0.0400. The quantitative estimate of drug-likeness (QED) is 0.546. The monoisotopic (exact) mass is 142 g/mol. The van der Waals surface area contributed by atoms with Crippen molar-refractivity contribution < 1.29 is 4.74 Å². The van der Waals surface area contributed by atoms with E-state index in [-0.39, 0.29) is 0 Å². The Labute approximate surface area is 63.8 Å². The fourth-order valence-electron chi connectivity index (χ4n) is 1.74. The summed E-state index contributed by atoms with van der Waals surface area (Å²) in [7, 11) is 0. The SMILES string of the molecule is CCC1CCCOCC1C. The van der Waals surface area contributed by atoms with E-state index in [9.17, 15) is 0 Å².